The van der Waals surface area contributed by atoms with Gasteiger partial charge in [-0.05, 0) is 69.0 Å². The Hall–Kier alpha value is -2.28. The molecule has 2 aromatic rings. The van der Waals surface area contributed by atoms with Crippen LogP contribution in [0.4, 0.5) is 11.5 Å². The minimum atomic E-state index is -3.66. The van der Waals surface area contributed by atoms with Crippen molar-refractivity contribution in [3.8, 4) is 5.75 Å². The summed E-state index contributed by atoms with van der Waals surface area (Å²) in [5.41, 5.74) is 0.456. The van der Waals surface area contributed by atoms with Gasteiger partial charge in [-0.3, -0.25) is 4.72 Å². The Morgan fingerprint density at radius 2 is 1.93 bits per heavy atom. The fourth-order valence-electron chi connectivity index (χ4n) is 3.44. The highest BCUT2D eigenvalue weighted by Crippen LogP contribution is 2.26. The Morgan fingerprint density at radius 3 is 2.56 bits per heavy atom. The van der Waals surface area contributed by atoms with Crippen molar-refractivity contribution in [2.24, 2.45) is 0 Å². The topological polar surface area (TPSA) is 71.5 Å². The van der Waals surface area contributed by atoms with Gasteiger partial charge in [-0.15, -0.1) is 0 Å². The van der Waals surface area contributed by atoms with Gasteiger partial charge >= 0.3 is 0 Å². The van der Waals surface area contributed by atoms with Crippen molar-refractivity contribution >= 4 is 21.5 Å². The van der Waals surface area contributed by atoms with Crippen molar-refractivity contribution in [3.05, 3.63) is 42.6 Å². The van der Waals surface area contributed by atoms with Crippen LogP contribution in [-0.2, 0) is 10.0 Å². The molecule has 1 N–H and O–H groups in total. The maximum atomic E-state index is 12.6. The Balaban J connectivity index is 1.71. The molecule has 1 aliphatic rings. The number of piperidine rings is 1. The van der Waals surface area contributed by atoms with Crippen LogP contribution in [0.15, 0.2) is 47.5 Å². The van der Waals surface area contributed by atoms with Crippen LogP contribution in [0.25, 0.3) is 0 Å². The van der Waals surface area contributed by atoms with Gasteiger partial charge in [0, 0.05) is 12.6 Å². The SMILES string of the molecule is CCOc1ccc(S(=O)(=O)Nc2ccc(N3CCCCC3CC)nc2)cc1. The second-order valence-corrected chi connectivity index (χ2v) is 8.35. The average Bonchev–Trinajstić information content (AvgIpc) is 2.69. The maximum absolute atomic E-state index is 12.6. The molecule has 0 saturated carbocycles. The van der Waals surface area contributed by atoms with Gasteiger partial charge in [-0.1, -0.05) is 6.92 Å². The predicted molar refractivity (Wildman–Crippen MR) is 108 cm³/mol. The van der Waals surface area contributed by atoms with Crippen molar-refractivity contribution in [1.82, 2.24) is 4.98 Å². The Bertz CT molecular complexity index is 836. The molecule has 2 heterocycles. The van der Waals surface area contributed by atoms with E-state index in [0.29, 0.717) is 24.1 Å². The zero-order valence-electron chi connectivity index (χ0n) is 15.9. The van der Waals surface area contributed by atoms with Gasteiger partial charge < -0.3 is 9.64 Å². The molecule has 0 radical (unpaired) electrons. The highest BCUT2D eigenvalue weighted by Gasteiger charge is 2.22. The van der Waals surface area contributed by atoms with Crippen LogP contribution in [0.5, 0.6) is 5.75 Å². The number of nitrogens with one attached hydrogen (secondary N) is 1. The average molecular weight is 390 g/mol. The number of hydrogen-bond donors (Lipinski definition) is 1. The molecule has 146 valence electrons. The fourth-order valence-corrected chi connectivity index (χ4v) is 4.48. The van der Waals surface area contributed by atoms with Gasteiger partial charge in [-0.25, -0.2) is 13.4 Å². The van der Waals surface area contributed by atoms with E-state index in [1.807, 2.05) is 13.0 Å². The van der Waals surface area contributed by atoms with E-state index in [0.717, 1.165) is 18.8 Å². The molecule has 1 atom stereocenters. The quantitative estimate of drug-likeness (QED) is 0.773. The van der Waals surface area contributed by atoms with Crippen LogP contribution in [0, 0.1) is 0 Å². The lowest BCUT2D eigenvalue weighted by Crippen LogP contribution is -2.39. The van der Waals surface area contributed by atoms with Crippen LogP contribution in [0.1, 0.15) is 39.5 Å². The zero-order valence-corrected chi connectivity index (χ0v) is 16.7. The molecule has 6 nitrogen and oxygen atoms in total. The molecule has 0 spiro atoms. The molecule has 27 heavy (non-hydrogen) atoms. The summed E-state index contributed by atoms with van der Waals surface area (Å²) in [4.78, 5) is 7.02. The number of sulfonamides is 1. The van der Waals surface area contributed by atoms with Crippen LogP contribution < -0.4 is 14.4 Å². The summed E-state index contributed by atoms with van der Waals surface area (Å²) >= 11 is 0. The molecule has 1 fully saturated rings. The van der Waals surface area contributed by atoms with Gasteiger partial charge in [0.05, 0.1) is 23.4 Å². The highest BCUT2D eigenvalue weighted by molar-refractivity contribution is 7.92. The van der Waals surface area contributed by atoms with Crippen molar-refractivity contribution in [1.29, 1.82) is 0 Å². The number of nitrogens with zero attached hydrogens (tertiary/aromatic N) is 2. The summed E-state index contributed by atoms with van der Waals surface area (Å²) in [5, 5.41) is 0. The summed E-state index contributed by atoms with van der Waals surface area (Å²) in [6, 6.07) is 10.6. The van der Waals surface area contributed by atoms with E-state index in [1.54, 1.807) is 24.4 Å². The smallest absolute Gasteiger partial charge is 0.261 e. The zero-order chi connectivity index (χ0) is 19.3. The van der Waals surface area contributed by atoms with Gasteiger partial charge in [0.15, 0.2) is 0 Å². The minimum Gasteiger partial charge on any atom is -0.494 e. The van der Waals surface area contributed by atoms with Crippen molar-refractivity contribution in [3.63, 3.8) is 0 Å². The van der Waals surface area contributed by atoms with Gasteiger partial charge in [-0.2, -0.15) is 0 Å². The van der Waals surface area contributed by atoms with Gasteiger partial charge in [0.1, 0.15) is 11.6 Å². The summed E-state index contributed by atoms with van der Waals surface area (Å²) in [7, 11) is -3.66. The van der Waals surface area contributed by atoms with Gasteiger partial charge in [0.2, 0.25) is 0 Å². The fraction of sp³-hybridized carbons (Fsp3) is 0.450. The minimum absolute atomic E-state index is 0.192. The Kier molecular flexibility index (Phi) is 6.21. The first kappa shape index (κ1) is 19.5. The molecule has 0 amide bonds. The van der Waals surface area contributed by atoms with Crippen molar-refractivity contribution < 1.29 is 13.2 Å². The summed E-state index contributed by atoms with van der Waals surface area (Å²) in [6.45, 7) is 5.62. The third-order valence-corrected chi connectivity index (χ3v) is 6.23. The first-order valence-corrected chi connectivity index (χ1v) is 11.0. The summed E-state index contributed by atoms with van der Waals surface area (Å²) in [5.74, 6) is 1.56. The number of pyridine rings is 1. The van der Waals surface area contributed by atoms with Crippen LogP contribution >= 0.6 is 0 Å². The van der Waals surface area contributed by atoms with E-state index in [9.17, 15) is 8.42 Å². The van der Waals surface area contributed by atoms with Crippen molar-refractivity contribution in [2.75, 3.05) is 22.8 Å². The van der Waals surface area contributed by atoms with E-state index in [1.165, 1.54) is 31.4 Å². The lowest BCUT2D eigenvalue weighted by Gasteiger charge is -2.36. The highest BCUT2D eigenvalue weighted by atomic mass is 32.2. The van der Waals surface area contributed by atoms with Crippen LogP contribution in [-0.4, -0.2) is 32.6 Å². The molecule has 1 aliphatic heterocycles. The first-order chi connectivity index (χ1) is 13.0. The Morgan fingerprint density at radius 1 is 1.15 bits per heavy atom. The molecule has 0 aliphatic carbocycles. The van der Waals surface area contributed by atoms with E-state index in [4.69, 9.17) is 4.74 Å². The predicted octanol–water partition coefficient (Wildman–Crippen LogP) is 4.05. The van der Waals surface area contributed by atoms with E-state index in [2.05, 4.69) is 21.5 Å². The normalized spacial score (nSPS) is 17.6. The van der Waals surface area contributed by atoms with Crippen LogP contribution in [0.3, 0.4) is 0 Å². The number of benzene rings is 1. The molecule has 1 unspecified atom stereocenters. The first-order valence-electron chi connectivity index (χ1n) is 9.52. The molecule has 0 bridgehead atoms. The molecule has 3 rings (SSSR count). The van der Waals surface area contributed by atoms with E-state index < -0.39 is 10.0 Å². The van der Waals surface area contributed by atoms with Crippen LogP contribution in [0.2, 0.25) is 0 Å². The maximum Gasteiger partial charge on any atom is 0.261 e. The number of hydrogen-bond acceptors (Lipinski definition) is 5. The third kappa shape index (κ3) is 4.71. The standard InChI is InChI=1S/C20H27N3O3S/c1-3-17-7-5-6-14-23(17)20-13-8-16(15-21-20)22-27(24,25)19-11-9-18(10-12-19)26-4-2/h8-13,15,17,22H,3-7,14H2,1-2H3. The molecule has 1 aromatic heterocycles. The number of anilines is 2. The molecule has 1 saturated heterocycles. The van der Waals surface area contributed by atoms with Gasteiger partial charge in [0.25, 0.3) is 10.0 Å². The number of aromatic nitrogens is 1. The molecular formula is C20H27N3O3S. The molecule has 1 aromatic carbocycles. The molecular weight excluding hydrogens is 362 g/mol. The largest absolute Gasteiger partial charge is 0.494 e. The lowest BCUT2D eigenvalue weighted by molar-refractivity contribution is 0.340. The Labute approximate surface area is 161 Å². The second-order valence-electron chi connectivity index (χ2n) is 6.67. The molecule has 7 heteroatoms. The third-order valence-electron chi connectivity index (χ3n) is 4.84. The van der Waals surface area contributed by atoms with E-state index in [-0.39, 0.29) is 4.90 Å². The second kappa shape index (κ2) is 8.61. The van der Waals surface area contributed by atoms with E-state index >= 15 is 0 Å². The monoisotopic (exact) mass is 389 g/mol. The summed E-state index contributed by atoms with van der Waals surface area (Å²) < 4.78 is 33.1. The lowest BCUT2D eigenvalue weighted by atomic mass is 10.00. The summed E-state index contributed by atoms with van der Waals surface area (Å²) in [6.07, 6.45) is 6.29. The van der Waals surface area contributed by atoms with Crippen molar-refractivity contribution in [2.45, 2.75) is 50.5 Å². The number of rotatable bonds is 7. The number of ether oxygens (including phenoxy) is 1.